The van der Waals surface area contributed by atoms with Crippen LogP contribution < -0.4 is 0 Å². The van der Waals surface area contributed by atoms with E-state index in [9.17, 15) is 66.7 Å². The maximum atomic E-state index is 13.5. The Kier molecular flexibility index (Phi) is 6.37. The monoisotopic (exact) mass is 446 g/mol. The number of carbonyl (C=O) groups is 2. The van der Waals surface area contributed by atoms with Gasteiger partial charge in [0.1, 0.15) is 5.78 Å². The topological polar surface area (TPSA) is 34.1 Å². The zero-order chi connectivity index (χ0) is 23.4. The zero-order valence-electron chi connectivity index (χ0n) is 13.9. The van der Waals surface area contributed by atoms with E-state index in [4.69, 9.17) is 0 Å². The second kappa shape index (κ2) is 6.75. The van der Waals surface area contributed by atoms with Crippen LogP contribution >= 0.6 is 0 Å². The molecule has 0 aliphatic heterocycles. The largest absolute Gasteiger partial charge is 0.460 e. The summed E-state index contributed by atoms with van der Waals surface area (Å²) in [6.07, 6.45) is -9.74. The lowest BCUT2D eigenvalue weighted by Gasteiger charge is -2.39. The predicted octanol–water partition coefficient (Wildman–Crippen LogP) is 5.30. The van der Waals surface area contributed by atoms with Crippen LogP contribution in [0.4, 0.5) is 57.1 Å². The molecule has 0 atom stereocenters. The van der Waals surface area contributed by atoms with Gasteiger partial charge < -0.3 is 0 Å². The van der Waals surface area contributed by atoms with Crippen molar-refractivity contribution in [3.05, 3.63) is 0 Å². The van der Waals surface area contributed by atoms with Crippen molar-refractivity contribution in [3.8, 4) is 0 Å². The molecule has 0 aromatic heterocycles. The van der Waals surface area contributed by atoms with E-state index in [2.05, 4.69) is 0 Å². The highest BCUT2D eigenvalue weighted by Gasteiger charge is 2.91. The molecule has 0 radical (unpaired) electrons. The Hall–Kier alpha value is -1.57. The average Bonchev–Trinajstić information content (AvgIpc) is 2.43. The van der Waals surface area contributed by atoms with Gasteiger partial charge in [-0.2, -0.15) is 57.1 Å². The Bertz CT molecular complexity index is 625. The van der Waals surface area contributed by atoms with E-state index in [0.717, 1.165) is 20.8 Å². The molecule has 0 aromatic carbocycles. The van der Waals surface area contributed by atoms with Gasteiger partial charge in [-0.25, -0.2) is 0 Å². The van der Waals surface area contributed by atoms with Gasteiger partial charge >= 0.3 is 35.8 Å². The molecule has 0 spiro atoms. The molecule has 0 N–H and O–H groups in total. The fourth-order valence-corrected chi connectivity index (χ4v) is 1.47. The number of hydrogen-bond acceptors (Lipinski definition) is 2. The normalized spacial score (nSPS) is 15.6. The molecule has 0 saturated heterocycles. The van der Waals surface area contributed by atoms with Crippen LogP contribution in [0.3, 0.4) is 0 Å². The maximum Gasteiger partial charge on any atom is 0.460 e. The van der Waals surface area contributed by atoms with Gasteiger partial charge in [-0.15, -0.1) is 0 Å². The van der Waals surface area contributed by atoms with Crippen LogP contribution in [-0.2, 0) is 9.59 Å². The molecule has 0 fully saturated rings. The molecular weight excluding hydrogens is 435 g/mol. The molecule has 0 saturated carbocycles. The van der Waals surface area contributed by atoms with E-state index in [-0.39, 0.29) is 0 Å². The number of halogens is 13. The minimum atomic E-state index is -8.08. The molecule has 0 aromatic rings. The highest BCUT2D eigenvalue weighted by molar-refractivity contribution is 6.04. The third-order valence-electron chi connectivity index (χ3n) is 3.44. The van der Waals surface area contributed by atoms with Crippen LogP contribution in [0.15, 0.2) is 0 Å². The summed E-state index contributed by atoms with van der Waals surface area (Å²) in [6.45, 7) is 2.89. The van der Waals surface area contributed by atoms with E-state index < -0.39 is 59.2 Å². The van der Waals surface area contributed by atoms with Crippen molar-refractivity contribution >= 4 is 11.6 Å². The summed E-state index contributed by atoms with van der Waals surface area (Å²) in [7, 11) is 0. The number of Topliss-reactive ketones (excluding diaryl/α,β-unsaturated/α-hetero) is 2. The van der Waals surface area contributed by atoms with Gasteiger partial charge in [0.25, 0.3) is 0 Å². The van der Waals surface area contributed by atoms with E-state index >= 15 is 0 Å². The molecule has 0 heterocycles. The van der Waals surface area contributed by atoms with Crippen LogP contribution in [0.1, 0.15) is 27.2 Å². The van der Waals surface area contributed by atoms with Gasteiger partial charge in [-0.05, 0) is 0 Å². The van der Waals surface area contributed by atoms with E-state index in [1.165, 1.54) is 0 Å². The quantitative estimate of drug-likeness (QED) is 0.393. The minimum Gasteiger partial charge on any atom is -0.299 e. The molecule has 28 heavy (non-hydrogen) atoms. The number of hydrogen-bond donors (Lipinski definition) is 0. The van der Waals surface area contributed by atoms with Crippen molar-refractivity contribution in [1.82, 2.24) is 0 Å². The van der Waals surface area contributed by atoms with Crippen molar-refractivity contribution in [1.29, 1.82) is 0 Å². The molecule has 0 unspecified atom stereocenters. The zero-order valence-corrected chi connectivity index (χ0v) is 13.9. The second-order valence-electron chi connectivity index (χ2n) is 6.64. The minimum absolute atomic E-state index is 0.964. The van der Waals surface area contributed by atoms with Gasteiger partial charge in [0.2, 0.25) is 5.78 Å². The van der Waals surface area contributed by atoms with Crippen LogP contribution in [-0.4, -0.2) is 47.4 Å². The lowest BCUT2D eigenvalue weighted by Crippen LogP contribution is -2.71. The van der Waals surface area contributed by atoms with Crippen molar-refractivity contribution in [2.24, 2.45) is 5.41 Å². The molecule has 0 bridgehead atoms. The summed E-state index contributed by atoms with van der Waals surface area (Å²) < 4.78 is 167. The van der Waals surface area contributed by atoms with Gasteiger partial charge in [-0.3, -0.25) is 9.59 Å². The van der Waals surface area contributed by atoms with Crippen molar-refractivity contribution < 1.29 is 66.7 Å². The summed E-state index contributed by atoms with van der Waals surface area (Å²) in [5.41, 5.74) is -1.67. The fourth-order valence-electron chi connectivity index (χ4n) is 1.47. The van der Waals surface area contributed by atoms with Crippen molar-refractivity contribution in [2.45, 2.75) is 63.0 Å². The first-order valence-corrected chi connectivity index (χ1v) is 6.82. The SMILES string of the molecule is CC(C)(C)C(=O)CC(=O)C(F)(F)C(F)(F)C(F)(F)C(F)(F)C(F)(F)C(F)(F)F. The summed E-state index contributed by atoms with van der Waals surface area (Å²) in [5, 5.41) is 0. The molecule has 0 rings (SSSR count). The second-order valence-corrected chi connectivity index (χ2v) is 6.64. The molecule has 2 nitrogen and oxygen atoms in total. The maximum absolute atomic E-state index is 13.5. The van der Waals surface area contributed by atoms with Crippen LogP contribution in [0.2, 0.25) is 0 Å². The smallest absolute Gasteiger partial charge is 0.299 e. The van der Waals surface area contributed by atoms with Gasteiger partial charge in [0.15, 0.2) is 0 Å². The molecular formula is C13H11F13O2. The van der Waals surface area contributed by atoms with Crippen molar-refractivity contribution in [2.75, 3.05) is 0 Å². The lowest BCUT2D eigenvalue weighted by atomic mass is 9.85. The Balaban J connectivity index is 6.26. The summed E-state index contributed by atoms with van der Waals surface area (Å²) in [5.74, 6) is -43.5. The highest BCUT2D eigenvalue weighted by atomic mass is 19.4. The lowest BCUT2D eigenvalue weighted by molar-refractivity contribution is -0.436. The first kappa shape index (κ1) is 26.4. The summed E-state index contributed by atoms with van der Waals surface area (Å²) in [4.78, 5) is 22.5. The number of carbonyl (C=O) groups excluding carboxylic acids is 2. The first-order valence-electron chi connectivity index (χ1n) is 6.82. The summed E-state index contributed by atoms with van der Waals surface area (Å²) in [6, 6.07) is 0. The fraction of sp³-hybridized carbons (Fsp3) is 0.846. The summed E-state index contributed by atoms with van der Waals surface area (Å²) >= 11 is 0. The number of alkyl halides is 13. The Morgan fingerprint density at radius 1 is 0.536 bits per heavy atom. The Morgan fingerprint density at radius 3 is 1.14 bits per heavy atom. The standard InChI is InChI=1S/C13H11F13O2/c1-7(2,3)5(27)4-6(28)8(14,15)9(16,17)10(18,19)11(20,21)12(22,23)13(24,25)26/h4H2,1-3H3. The predicted molar refractivity (Wildman–Crippen MR) is 64.9 cm³/mol. The molecule has 15 heteroatoms. The van der Waals surface area contributed by atoms with Gasteiger partial charge in [-0.1, -0.05) is 20.8 Å². The Labute approximate surface area is 148 Å². The Morgan fingerprint density at radius 2 is 0.857 bits per heavy atom. The average molecular weight is 446 g/mol. The number of ketones is 2. The third-order valence-corrected chi connectivity index (χ3v) is 3.44. The third kappa shape index (κ3) is 3.80. The van der Waals surface area contributed by atoms with Gasteiger partial charge in [0, 0.05) is 5.41 Å². The molecule has 0 aliphatic rings. The molecule has 166 valence electrons. The highest BCUT2D eigenvalue weighted by Crippen LogP contribution is 2.60. The number of rotatable bonds is 7. The van der Waals surface area contributed by atoms with Crippen LogP contribution in [0, 0.1) is 5.41 Å². The molecule has 0 amide bonds. The van der Waals surface area contributed by atoms with E-state index in [1.807, 2.05) is 0 Å². The van der Waals surface area contributed by atoms with E-state index in [0.29, 0.717) is 0 Å². The van der Waals surface area contributed by atoms with Crippen LogP contribution in [0.5, 0.6) is 0 Å². The van der Waals surface area contributed by atoms with Crippen LogP contribution in [0.25, 0.3) is 0 Å². The van der Waals surface area contributed by atoms with Gasteiger partial charge in [0.05, 0.1) is 6.42 Å². The van der Waals surface area contributed by atoms with Crippen molar-refractivity contribution in [3.63, 3.8) is 0 Å². The van der Waals surface area contributed by atoms with E-state index in [1.54, 1.807) is 0 Å². The first-order chi connectivity index (χ1) is 11.8. The molecule has 0 aliphatic carbocycles.